The minimum atomic E-state index is -4.77. The van der Waals surface area contributed by atoms with Crippen LogP contribution in [0, 0.1) is 6.92 Å². The lowest BCUT2D eigenvalue weighted by molar-refractivity contribution is -0.274. The molecule has 170 valence electrons. The van der Waals surface area contributed by atoms with Crippen LogP contribution in [0.1, 0.15) is 11.4 Å². The molecule has 0 aliphatic carbocycles. The first-order chi connectivity index (χ1) is 14.3. The quantitative estimate of drug-likeness (QED) is 0.631. The van der Waals surface area contributed by atoms with Crippen molar-refractivity contribution in [1.82, 2.24) is 14.7 Å². The molecule has 1 aromatic heterocycles. The molecule has 0 bridgehead atoms. The van der Waals surface area contributed by atoms with Crippen molar-refractivity contribution in [3.05, 3.63) is 40.7 Å². The summed E-state index contributed by atoms with van der Waals surface area (Å²) in [5, 5.41) is 2.88. The van der Waals surface area contributed by atoms with E-state index in [2.05, 4.69) is 9.84 Å². The number of ether oxygens (including phenoxy) is 1. The highest BCUT2D eigenvalue weighted by Crippen LogP contribution is 2.35. The summed E-state index contributed by atoms with van der Waals surface area (Å²) in [5.74, 6) is -0.749. The highest BCUT2D eigenvalue weighted by molar-refractivity contribution is 6.32. The van der Waals surface area contributed by atoms with E-state index in [1.54, 1.807) is 0 Å². The Bertz CT molecular complexity index is 934. The van der Waals surface area contributed by atoms with E-state index in [0.717, 1.165) is 4.68 Å². The lowest BCUT2D eigenvalue weighted by Gasteiger charge is -2.36. The molecule has 0 atom stereocenters. The van der Waals surface area contributed by atoms with Gasteiger partial charge in [0.15, 0.2) is 5.69 Å². The van der Waals surface area contributed by atoms with Gasteiger partial charge in [-0.25, -0.2) is 0 Å². The molecule has 0 spiro atoms. The van der Waals surface area contributed by atoms with Gasteiger partial charge in [-0.2, -0.15) is 18.3 Å². The molecule has 31 heavy (non-hydrogen) atoms. The molecule has 1 fully saturated rings. The van der Waals surface area contributed by atoms with Gasteiger partial charge in [0, 0.05) is 31.9 Å². The summed E-state index contributed by atoms with van der Waals surface area (Å²) in [4.78, 5) is 15.9. The fraction of sp³-hybridized carbons (Fsp3) is 0.444. The minimum absolute atomic E-state index is 0.0437. The molecule has 1 aliphatic rings. The van der Waals surface area contributed by atoms with E-state index in [1.165, 1.54) is 36.1 Å². The zero-order valence-electron chi connectivity index (χ0n) is 16.1. The molecule has 1 amide bonds. The predicted octanol–water partition coefficient (Wildman–Crippen LogP) is 4.11. The Morgan fingerprint density at radius 3 is 2.13 bits per heavy atom. The number of nitrogens with zero attached hydrogens (tertiary/aromatic N) is 4. The highest BCUT2D eigenvalue weighted by atomic mass is 35.5. The second kappa shape index (κ2) is 8.48. The van der Waals surface area contributed by atoms with E-state index < -0.39 is 29.2 Å². The van der Waals surface area contributed by atoms with Crippen LogP contribution in [-0.4, -0.2) is 53.1 Å². The van der Waals surface area contributed by atoms with Gasteiger partial charge in [0.1, 0.15) is 12.3 Å². The number of rotatable bonds is 4. The van der Waals surface area contributed by atoms with Gasteiger partial charge in [-0.15, -0.1) is 13.2 Å². The third kappa shape index (κ3) is 5.54. The van der Waals surface area contributed by atoms with Crippen LogP contribution in [0.4, 0.5) is 32.0 Å². The maximum atomic E-state index is 12.9. The Morgan fingerprint density at radius 1 is 1.06 bits per heavy atom. The van der Waals surface area contributed by atoms with Gasteiger partial charge in [0.2, 0.25) is 5.91 Å². The van der Waals surface area contributed by atoms with E-state index in [4.69, 9.17) is 11.6 Å². The molecule has 1 aliphatic heterocycles. The molecule has 3 rings (SSSR count). The van der Waals surface area contributed by atoms with Crippen LogP contribution in [0.5, 0.6) is 5.75 Å². The van der Waals surface area contributed by atoms with E-state index in [9.17, 15) is 31.1 Å². The van der Waals surface area contributed by atoms with Crippen molar-refractivity contribution >= 4 is 23.2 Å². The van der Waals surface area contributed by atoms with Crippen LogP contribution < -0.4 is 9.64 Å². The van der Waals surface area contributed by atoms with Gasteiger partial charge < -0.3 is 14.5 Å². The second-order valence-electron chi connectivity index (χ2n) is 6.81. The van der Waals surface area contributed by atoms with Crippen LogP contribution in [0.25, 0.3) is 0 Å². The Hall–Kier alpha value is -2.63. The van der Waals surface area contributed by atoms with Gasteiger partial charge in [0.25, 0.3) is 0 Å². The van der Waals surface area contributed by atoms with Crippen molar-refractivity contribution in [3.8, 4) is 5.75 Å². The van der Waals surface area contributed by atoms with Crippen molar-refractivity contribution in [1.29, 1.82) is 0 Å². The van der Waals surface area contributed by atoms with Crippen LogP contribution in [0.3, 0.4) is 0 Å². The molecule has 1 saturated heterocycles. The van der Waals surface area contributed by atoms with Gasteiger partial charge >= 0.3 is 12.5 Å². The first-order valence-corrected chi connectivity index (χ1v) is 9.41. The summed E-state index contributed by atoms with van der Waals surface area (Å²) < 4.78 is 80.2. The number of alkyl halides is 6. The number of hydrogen-bond donors (Lipinski definition) is 0. The molecule has 2 aromatic rings. The van der Waals surface area contributed by atoms with Crippen molar-refractivity contribution in [2.45, 2.75) is 26.0 Å². The van der Waals surface area contributed by atoms with Crippen LogP contribution in [0.15, 0.2) is 24.3 Å². The SMILES string of the molecule is Cc1c(Cl)c(C(F)(F)F)nn1CC(=O)N1CCN(c2ccc(OC(F)(F)F)cc2)CC1. The molecule has 6 nitrogen and oxygen atoms in total. The van der Waals surface area contributed by atoms with Gasteiger partial charge in [-0.05, 0) is 31.2 Å². The smallest absolute Gasteiger partial charge is 0.406 e. The monoisotopic (exact) mass is 470 g/mol. The Morgan fingerprint density at radius 2 is 1.65 bits per heavy atom. The zero-order chi connectivity index (χ0) is 23.0. The Balaban J connectivity index is 1.58. The fourth-order valence-electron chi connectivity index (χ4n) is 3.16. The highest BCUT2D eigenvalue weighted by Gasteiger charge is 2.38. The van der Waals surface area contributed by atoms with Crippen LogP contribution in [0.2, 0.25) is 5.02 Å². The van der Waals surface area contributed by atoms with Crippen molar-refractivity contribution < 1.29 is 35.9 Å². The Labute approximate surface area is 177 Å². The first-order valence-electron chi connectivity index (χ1n) is 9.04. The lowest BCUT2D eigenvalue weighted by Crippen LogP contribution is -2.49. The van der Waals surface area contributed by atoms with Gasteiger partial charge in [-0.3, -0.25) is 9.48 Å². The molecule has 0 radical (unpaired) electrons. The zero-order valence-corrected chi connectivity index (χ0v) is 16.9. The summed E-state index contributed by atoms with van der Waals surface area (Å²) in [6.07, 6.45) is -9.49. The summed E-state index contributed by atoms with van der Waals surface area (Å²) in [6, 6.07) is 5.35. The molecule has 2 heterocycles. The van der Waals surface area contributed by atoms with Crippen molar-refractivity contribution in [3.63, 3.8) is 0 Å². The molecule has 13 heteroatoms. The summed E-state index contributed by atoms with van der Waals surface area (Å²) in [7, 11) is 0. The van der Waals surface area contributed by atoms with Crippen LogP contribution in [-0.2, 0) is 17.5 Å². The number of carbonyl (C=O) groups is 1. The summed E-state index contributed by atoms with van der Waals surface area (Å²) in [6.45, 7) is 2.35. The maximum absolute atomic E-state index is 12.9. The number of piperazine rings is 1. The molecular formula is C18H17ClF6N4O2. The van der Waals surface area contributed by atoms with Crippen molar-refractivity contribution in [2.24, 2.45) is 0 Å². The predicted molar refractivity (Wildman–Crippen MR) is 98.9 cm³/mol. The fourth-order valence-corrected chi connectivity index (χ4v) is 3.40. The number of benzene rings is 1. The number of halogens is 7. The number of carbonyl (C=O) groups excluding carboxylic acids is 1. The third-order valence-electron chi connectivity index (χ3n) is 4.75. The van der Waals surface area contributed by atoms with Crippen LogP contribution >= 0.6 is 11.6 Å². The van der Waals surface area contributed by atoms with Gasteiger partial charge in [0.05, 0.1) is 10.7 Å². The summed E-state index contributed by atoms with van der Waals surface area (Å²) >= 11 is 5.70. The first kappa shape index (κ1) is 23.0. The number of amides is 1. The molecule has 0 N–H and O–H groups in total. The van der Waals surface area contributed by atoms with E-state index in [-0.39, 0.29) is 18.0 Å². The number of anilines is 1. The molecule has 1 aromatic carbocycles. The minimum Gasteiger partial charge on any atom is -0.406 e. The standard InChI is InChI=1S/C18H17ClF6N4O2/c1-11-15(19)16(17(20,21)22)26-29(11)10-14(30)28-8-6-27(7-9-28)12-2-4-13(5-3-12)31-18(23,24)25/h2-5H,6-10H2,1H3. The Kier molecular flexibility index (Phi) is 6.30. The molecule has 0 unspecified atom stereocenters. The largest absolute Gasteiger partial charge is 0.573 e. The molecule has 0 saturated carbocycles. The topological polar surface area (TPSA) is 50.6 Å². The van der Waals surface area contributed by atoms with Crippen molar-refractivity contribution in [2.75, 3.05) is 31.1 Å². The number of aromatic nitrogens is 2. The van der Waals surface area contributed by atoms with E-state index in [1.807, 2.05) is 4.90 Å². The summed E-state index contributed by atoms with van der Waals surface area (Å²) in [5.41, 5.74) is -0.532. The normalized spacial score (nSPS) is 15.4. The maximum Gasteiger partial charge on any atom is 0.573 e. The molecular weight excluding hydrogens is 454 g/mol. The van der Waals surface area contributed by atoms with Gasteiger partial charge in [-0.1, -0.05) is 11.6 Å². The van der Waals surface area contributed by atoms with E-state index >= 15 is 0 Å². The lowest BCUT2D eigenvalue weighted by atomic mass is 10.2. The average molecular weight is 471 g/mol. The second-order valence-corrected chi connectivity index (χ2v) is 7.19. The number of hydrogen-bond acceptors (Lipinski definition) is 4. The third-order valence-corrected chi connectivity index (χ3v) is 5.21. The van der Waals surface area contributed by atoms with E-state index in [0.29, 0.717) is 31.9 Å². The average Bonchev–Trinajstić information content (AvgIpc) is 2.96.